The van der Waals surface area contributed by atoms with Gasteiger partial charge in [-0.1, -0.05) is 18.6 Å². The van der Waals surface area contributed by atoms with Gasteiger partial charge in [0.2, 0.25) is 5.91 Å². The van der Waals surface area contributed by atoms with Crippen LogP contribution < -0.4 is 5.32 Å². The van der Waals surface area contributed by atoms with Crippen LogP contribution in [0.3, 0.4) is 0 Å². The highest BCUT2D eigenvalue weighted by Crippen LogP contribution is 2.44. The molecule has 0 heterocycles. The summed E-state index contributed by atoms with van der Waals surface area (Å²) in [4.78, 5) is 24.3. The summed E-state index contributed by atoms with van der Waals surface area (Å²) >= 11 is 1.70. The highest BCUT2D eigenvalue weighted by atomic mass is 32.2. The minimum atomic E-state index is -0.837. The third-order valence-corrected chi connectivity index (χ3v) is 4.90. The average Bonchev–Trinajstić information content (AvgIpc) is 2.43. The summed E-state index contributed by atoms with van der Waals surface area (Å²) in [5.41, 5.74) is 0.370. The molecule has 0 aromatic heterocycles. The van der Waals surface area contributed by atoms with Crippen molar-refractivity contribution in [1.82, 2.24) is 5.32 Å². The maximum absolute atomic E-state index is 11.9. The molecule has 1 aromatic rings. The molecular formula is C16H21NO3S. The standard InChI is InChI=1S/C16H21NO3S/c1-21-13-5-3-12(4-6-13)7-10-17-14(18)11-16(15(19)20)8-2-9-16/h3-6H,2,7-11H2,1H3,(H,17,18)(H,19,20). The van der Waals surface area contributed by atoms with Gasteiger partial charge in [-0.2, -0.15) is 0 Å². The number of nitrogens with one attached hydrogen (secondary N) is 1. The smallest absolute Gasteiger partial charge is 0.310 e. The summed E-state index contributed by atoms with van der Waals surface area (Å²) in [6.45, 7) is 0.549. The zero-order valence-electron chi connectivity index (χ0n) is 12.2. The number of benzene rings is 1. The minimum absolute atomic E-state index is 0.105. The van der Waals surface area contributed by atoms with Gasteiger partial charge in [-0.3, -0.25) is 9.59 Å². The lowest BCUT2D eigenvalue weighted by Crippen LogP contribution is -2.42. The fourth-order valence-corrected chi connectivity index (χ4v) is 2.99. The Labute approximate surface area is 129 Å². The van der Waals surface area contributed by atoms with Gasteiger partial charge < -0.3 is 10.4 Å². The summed E-state index contributed by atoms with van der Waals surface area (Å²) in [6.07, 6.45) is 5.04. The van der Waals surface area contributed by atoms with E-state index in [0.717, 1.165) is 12.8 Å². The van der Waals surface area contributed by atoms with E-state index in [4.69, 9.17) is 0 Å². The molecule has 5 heteroatoms. The summed E-state index contributed by atoms with van der Waals surface area (Å²) in [6, 6.07) is 8.25. The lowest BCUT2D eigenvalue weighted by molar-refractivity contribution is -0.157. The SMILES string of the molecule is CSc1ccc(CCNC(=O)CC2(C(=O)O)CCC2)cc1. The average molecular weight is 307 g/mol. The van der Waals surface area contributed by atoms with E-state index in [2.05, 4.69) is 29.6 Å². The summed E-state index contributed by atoms with van der Waals surface area (Å²) < 4.78 is 0. The largest absolute Gasteiger partial charge is 0.481 e. The molecule has 1 fully saturated rings. The van der Waals surface area contributed by atoms with Crippen molar-refractivity contribution in [2.45, 2.75) is 37.0 Å². The second kappa shape index (κ2) is 6.98. The van der Waals surface area contributed by atoms with E-state index in [-0.39, 0.29) is 12.3 Å². The molecule has 0 atom stereocenters. The molecule has 0 radical (unpaired) electrons. The molecule has 114 valence electrons. The van der Waals surface area contributed by atoms with Crippen molar-refractivity contribution in [3.8, 4) is 0 Å². The van der Waals surface area contributed by atoms with E-state index >= 15 is 0 Å². The van der Waals surface area contributed by atoms with Crippen LogP contribution in [0, 0.1) is 5.41 Å². The number of carboxylic acids is 1. The fraction of sp³-hybridized carbons (Fsp3) is 0.500. The zero-order chi connectivity index (χ0) is 15.3. The molecule has 0 spiro atoms. The Morgan fingerprint density at radius 2 is 1.95 bits per heavy atom. The maximum Gasteiger partial charge on any atom is 0.310 e. The van der Waals surface area contributed by atoms with Crippen LogP contribution in [0.5, 0.6) is 0 Å². The predicted molar refractivity (Wildman–Crippen MR) is 83.5 cm³/mol. The van der Waals surface area contributed by atoms with Crippen molar-refractivity contribution < 1.29 is 14.7 Å². The molecule has 0 unspecified atom stereocenters. The van der Waals surface area contributed by atoms with Crippen molar-refractivity contribution in [3.05, 3.63) is 29.8 Å². The number of thioether (sulfide) groups is 1. The zero-order valence-corrected chi connectivity index (χ0v) is 13.0. The van der Waals surface area contributed by atoms with Gasteiger partial charge in [0.1, 0.15) is 0 Å². The normalized spacial score (nSPS) is 16.0. The van der Waals surface area contributed by atoms with Gasteiger partial charge in [0.15, 0.2) is 0 Å². The van der Waals surface area contributed by atoms with Crippen molar-refractivity contribution >= 4 is 23.6 Å². The number of rotatable bonds is 7. The maximum atomic E-state index is 11.9. The van der Waals surface area contributed by atoms with Crippen molar-refractivity contribution in [1.29, 1.82) is 0 Å². The topological polar surface area (TPSA) is 66.4 Å². The summed E-state index contributed by atoms with van der Waals surface area (Å²) in [5.74, 6) is -0.991. The summed E-state index contributed by atoms with van der Waals surface area (Å²) in [5, 5.41) is 12.0. The van der Waals surface area contributed by atoms with Gasteiger partial charge in [-0.15, -0.1) is 11.8 Å². The monoisotopic (exact) mass is 307 g/mol. The molecule has 1 aromatic carbocycles. The van der Waals surface area contributed by atoms with Gasteiger partial charge in [0, 0.05) is 17.9 Å². The summed E-state index contributed by atoms with van der Waals surface area (Å²) in [7, 11) is 0. The Bertz CT molecular complexity index is 509. The highest BCUT2D eigenvalue weighted by molar-refractivity contribution is 7.98. The number of carboxylic acid groups (broad SMARTS) is 1. The van der Waals surface area contributed by atoms with Crippen LogP contribution in [0.2, 0.25) is 0 Å². The van der Waals surface area contributed by atoms with Crippen LogP contribution in [-0.4, -0.2) is 29.8 Å². The Morgan fingerprint density at radius 1 is 1.29 bits per heavy atom. The van der Waals surface area contributed by atoms with Crippen LogP contribution in [0.25, 0.3) is 0 Å². The van der Waals surface area contributed by atoms with Gasteiger partial charge in [-0.25, -0.2) is 0 Å². The predicted octanol–water partition coefficient (Wildman–Crippen LogP) is 2.71. The Kier molecular flexibility index (Phi) is 5.28. The number of carbonyl (C=O) groups excluding carboxylic acids is 1. The molecule has 0 bridgehead atoms. The second-order valence-electron chi connectivity index (χ2n) is 5.56. The number of hydrogen-bond acceptors (Lipinski definition) is 3. The molecule has 21 heavy (non-hydrogen) atoms. The van der Waals surface area contributed by atoms with Crippen molar-refractivity contribution in [2.75, 3.05) is 12.8 Å². The minimum Gasteiger partial charge on any atom is -0.481 e. The number of carbonyl (C=O) groups is 2. The number of amides is 1. The van der Waals surface area contributed by atoms with Gasteiger partial charge in [0.25, 0.3) is 0 Å². The molecular weight excluding hydrogens is 286 g/mol. The molecule has 1 saturated carbocycles. The van der Waals surface area contributed by atoms with Crippen molar-refractivity contribution in [2.24, 2.45) is 5.41 Å². The first kappa shape index (κ1) is 15.9. The second-order valence-corrected chi connectivity index (χ2v) is 6.44. The van der Waals surface area contributed by atoms with Crippen LogP contribution in [0.15, 0.2) is 29.2 Å². The van der Waals surface area contributed by atoms with E-state index < -0.39 is 11.4 Å². The van der Waals surface area contributed by atoms with Crippen LogP contribution >= 0.6 is 11.8 Å². The van der Waals surface area contributed by atoms with E-state index in [0.29, 0.717) is 19.4 Å². The van der Waals surface area contributed by atoms with Crippen LogP contribution in [-0.2, 0) is 16.0 Å². The molecule has 1 amide bonds. The Hall–Kier alpha value is -1.49. The lowest BCUT2D eigenvalue weighted by atomic mass is 9.66. The van der Waals surface area contributed by atoms with Gasteiger partial charge >= 0.3 is 5.97 Å². The van der Waals surface area contributed by atoms with Gasteiger partial charge in [-0.05, 0) is 43.2 Å². The molecule has 1 aliphatic rings. The van der Waals surface area contributed by atoms with Crippen LogP contribution in [0.1, 0.15) is 31.2 Å². The van der Waals surface area contributed by atoms with Crippen molar-refractivity contribution in [3.63, 3.8) is 0 Å². The first-order chi connectivity index (χ1) is 10.1. The van der Waals surface area contributed by atoms with Gasteiger partial charge in [0.05, 0.1) is 5.41 Å². The number of hydrogen-bond donors (Lipinski definition) is 2. The van der Waals surface area contributed by atoms with E-state index in [1.807, 2.05) is 6.26 Å². The third kappa shape index (κ3) is 4.00. The molecule has 0 saturated heterocycles. The first-order valence-corrected chi connectivity index (χ1v) is 8.41. The highest BCUT2D eigenvalue weighted by Gasteiger charge is 2.45. The third-order valence-electron chi connectivity index (χ3n) is 4.16. The van der Waals surface area contributed by atoms with E-state index in [9.17, 15) is 14.7 Å². The van der Waals surface area contributed by atoms with E-state index in [1.54, 1.807) is 11.8 Å². The Balaban J connectivity index is 1.75. The van der Waals surface area contributed by atoms with Crippen LogP contribution in [0.4, 0.5) is 0 Å². The lowest BCUT2D eigenvalue weighted by Gasteiger charge is -2.36. The quantitative estimate of drug-likeness (QED) is 0.760. The molecule has 1 aliphatic carbocycles. The fourth-order valence-electron chi connectivity index (χ4n) is 2.58. The van der Waals surface area contributed by atoms with E-state index in [1.165, 1.54) is 10.5 Å². The molecule has 2 N–H and O–H groups in total. The molecule has 0 aliphatic heterocycles. The molecule has 2 rings (SSSR count). The first-order valence-electron chi connectivity index (χ1n) is 7.19. The molecule has 4 nitrogen and oxygen atoms in total. The number of aliphatic carboxylic acids is 1. The Morgan fingerprint density at radius 3 is 2.43 bits per heavy atom.